The van der Waals surface area contributed by atoms with Crippen LogP contribution >= 0.6 is 0 Å². The second-order valence-corrected chi connectivity index (χ2v) is 15.0. The van der Waals surface area contributed by atoms with Crippen LogP contribution in [0.3, 0.4) is 0 Å². The van der Waals surface area contributed by atoms with Crippen molar-refractivity contribution in [1.82, 2.24) is 0 Å². The van der Waals surface area contributed by atoms with E-state index >= 15 is 0 Å². The molecule has 3 nitrogen and oxygen atoms in total. The molecule has 4 aliphatic carbocycles. The lowest BCUT2D eigenvalue weighted by Crippen LogP contribution is -2.55. The largest absolute Gasteiger partial charge is 0.367 e. The van der Waals surface area contributed by atoms with Gasteiger partial charge in [-0.05, 0) is 117 Å². The van der Waals surface area contributed by atoms with E-state index < -0.39 is 0 Å². The summed E-state index contributed by atoms with van der Waals surface area (Å²) in [5.74, 6) is 2.35. The van der Waals surface area contributed by atoms with E-state index in [4.69, 9.17) is 14.2 Å². The van der Waals surface area contributed by atoms with Gasteiger partial charge in [-0.15, -0.1) is 0 Å². The third-order valence-corrected chi connectivity index (χ3v) is 12.9. The zero-order chi connectivity index (χ0) is 25.4. The maximum atomic E-state index is 6.23. The Morgan fingerprint density at radius 3 is 2.29 bits per heavy atom. The Kier molecular flexibility index (Phi) is 6.42. The Bertz CT molecular complexity index is 857. The summed E-state index contributed by atoms with van der Waals surface area (Å²) in [4.78, 5) is 0. The average Bonchev–Trinajstić information content (AvgIpc) is 3.29. The predicted molar refractivity (Wildman–Crippen MR) is 143 cm³/mol. The monoisotopic (exact) mass is 486 g/mol. The average molecular weight is 487 g/mol. The fourth-order valence-corrected chi connectivity index (χ4v) is 10.4. The number of ether oxygens (including phenoxy) is 3. The molecule has 0 spiro atoms. The summed E-state index contributed by atoms with van der Waals surface area (Å²) < 4.78 is 17.4. The topological polar surface area (TPSA) is 31.0 Å². The lowest BCUT2D eigenvalue weighted by Gasteiger charge is -2.62. The number of epoxide rings is 1. The maximum Gasteiger partial charge on any atom is 0.146 e. The van der Waals surface area contributed by atoms with E-state index in [2.05, 4.69) is 55.4 Å². The molecule has 0 aromatic rings. The third kappa shape index (κ3) is 3.84. The van der Waals surface area contributed by atoms with Crippen LogP contribution in [0, 0.1) is 39.4 Å². The van der Waals surface area contributed by atoms with E-state index in [0.717, 1.165) is 18.3 Å². The van der Waals surface area contributed by atoms with Gasteiger partial charge in [-0.3, -0.25) is 0 Å². The highest BCUT2D eigenvalue weighted by molar-refractivity contribution is 5.38. The summed E-state index contributed by atoms with van der Waals surface area (Å²) in [6.07, 6.45) is 14.0. The Balaban J connectivity index is 1.38. The summed E-state index contributed by atoms with van der Waals surface area (Å²) in [5.41, 5.74) is 5.28. The van der Waals surface area contributed by atoms with Gasteiger partial charge in [0.1, 0.15) is 6.79 Å². The standard InChI is InChI=1S/C32H54O3/c1-21(10-13-27-29(4,5)35-27)22-14-18-32(8)24-11-12-25-28(2,3)26(34-20-33-9)16-17-30(25,6)23(24)15-19-31(22,32)7/h21-22,25-27H,10-20H2,1-9H3/t21-,22-,25+,26+,27?,30-,31-,32+/m1/s1. The molecule has 2 saturated carbocycles. The quantitative estimate of drug-likeness (QED) is 0.206. The Morgan fingerprint density at radius 1 is 0.914 bits per heavy atom. The third-order valence-electron chi connectivity index (χ3n) is 12.9. The first-order valence-electron chi connectivity index (χ1n) is 14.8. The van der Waals surface area contributed by atoms with Gasteiger partial charge in [0.05, 0.1) is 17.8 Å². The molecular weight excluding hydrogens is 432 g/mol. The number of hydrogen-bond donors (Lipinski definition) is 0. The number of allylic oxidation sites excluding steroid dienone is 2. The minimum absolute atomic E-state index is 0.133. The summed E-state index contributed by atoms with van der Waals surface area (Å²) in [7, 11) is 1.74. The van der Waals surface area contributed by atoms with Crippen LogP contribution in [0.25, 0.3) is 0 Å². The number of rotatable bonds is 7. The molecule has 35 heavy (non-hydrogen) atoms. The molecule has 0 N–H and O–H groups in total. The molecule has 3 heteroatoms. The van der Waals surface area contributed by atoms with Gasteiger partial charge in [-0.2, -0.15) is 0 Å². The molecule has 0 radical (unpaired) electrons. The smallest absolute Gasteiger partial charge is 0.146 e. The highest BCUT2D eigenvalue weighted by Gasteiger charge is 2.63. The highest BCUT2D eigenvalue weighted by atomic mass is 16.7. The molecule has 1 aliphatic heterocycles. The molecule has 5 aliphatic rings. The van der Waals surface area contributed by atoms with Gasteiger partial charge in [0, 0.05) is 7.11 Å². The van der Waals surface area contributed by atoms with Crippen LogP contribution < -0.4 is 0 Å². The Morgan fingerprint density at radius 2 is 1.63 bits per heavy atom. The first-order valence-corrected chi connectivity index (χ1v) is 14.8. The zero-order valence-corrected chi connectivity index (χ0v) is 24.4. The van der Waals surface area contributed by atoms with Crippen LogP contribution in [-0.2, 0) is 14.2 Å². The zero-order valence-electron chi connectivity index (χ0n) is 24.4. The Hall–Kier alpha value is -0.380. The molecule has 3 fully saturated rings. The summed E-state index contributed by atoms with van der Waals surface area (Å²) in [5, 5.41) is 0. The van der Waals surface area contributed by atoms with E-state index in [-0.39, 0.29) is 11.0 Å². The van der Waals surface area contributed by atoms with Gasteiger partial charge in [0.2, 0.25) is 0 Å². The number of methoxy groups -OCH3 is 1. The first-order chi connectivity index (χ1) is 16.3. The van der Waals surface area contributed by atoms with Crippen LogP contribution in [-0.4, -0.2) is 31.7 Å². The molecule has 0 aromatic carbocycles. The van der Waals surface area contributed by atoms with Crippen molar-refractivity contribution in [3.63, 3.8) is 0 Å². The number of fused-ring (bicyclic) bond motifs is 4. The van der Waals surface area contributed by atoms with Gasteiger partial charge in [0.25, 0.3) is 0 Å². The maximum absolute atomic E-state index is 6.23. The lowest BCUT2D eigenvalue weighted by molar-refractivity contribution is -0.166. The van der Waals surface area contributed by atoms with Gasteiger partial charge in [-0.25, -0.2) is 0 Å². The molecule has 0 aromatic heterocycles. The van der Waals surface area contributed by atoms with Crippen LogP contribution in [0.1, 0.15) is 120 Å². The Labute approximate surface area is 216 Å². The van der Waals surface area contributed by atoms with Gasteiger partial charge >= 0.3 is 0 Å². The lowest BCUT2D eigenvalue weighted by atomic mass is 9.43. The van der Waals surface area contributed by atoms with Crippen molar-refractivity contribution in [1.29, 1.82) is 0 Å². The SMILES string of the molecule is COCO[C@H]1CC[C@]2(C)C3=C(CC[C@H]2C1(C)C)[C@]1(C)CC[C@H]([C@H](C)CCC2OC2(C)C)[C@@]1(C)CC3. The van der Waals surface area contributed by atoms with Crippen molar-refractivity contribution < 1.29 is 14.2 Å². The molecule has 0 amide bonds. The molecule has 5 rings (SSSR count). The van der Waals surface area contributed by atoms with E-state index in [1.807, 2.05) is 11.1 Å². The van der Waals surface area contributed by atoms with Crippen molar-refractivity contribution in [2.24, 2.45) is 39.4 Å². The summed E-state index contributed by atoms with van der Waals surface area (Å²) >= 11 is 0. The molecular formula is C32H54O3. The normalized spacial score (nSPS) is 46.5. The molecule has 1 saturated heterocycles. The second-order valence-electron chi connectivity index (χ2n) is 15.0. The molecule has 1 unspecified atom stereocenters. The van der Waals surface area contributed by atoms with Crippen LogP contribution in [0.5, 0.6) is 0 Å². The predicted octanol–water partition coefficient (Wildman–Crippen LogP) is 8.32. The van der Waals surface area contributed by atoms with Crippen LogP contribution in [0.2, 0.25) is 0 Å². The van der Waals surface area contributed by atoms with Crippen molar-refractivity contribution >= 4 is 0 Å². The molecule has 1 heterocycles. The first kappa shape index (κ1) is 26.2. The van der Waals surface area contributed by atoms with Crippen molar-refractivity contribution in [2.75, 3.05) is 13.9 Å². The fourth-order valence-electron chi connectivity index (χ4n) is 10.4. The van der Waals surface area contributed by atoms with Gasteiger partial charge in [0.15, 0.2) is 0 Å². The van der Waals surface area contributed by atoms with Crippen molar-refractivity contribution in [3.05, 3.63) is 11.1 Å². The molecule has 200 valence electrons. The van der Waals surface area contributed by atoms with E-state index in [0.29, 0.717) is 41.2 Å². The van der Waals surface area contributed by atoms with Crippen LogP contribution in [0.15, 0.2) is 11.1 Å². The highest BCUT2D eigenvalue weighted by Crippen LogP contribution is 2.72. The van der Waals surface area contributed by atoms with Crippen molar-refractivity contribution in [3.8, 4) is 0 Å². The molecule has 8 atom stereocenters. The number of hydrogen-bond acceptors (Lipinski definition) is 3. The summed E-state index contributed by atoms with van der Waals surface area (Å²) in [6.45, 7) is 20.5. The van der Waals surface area contributed by atoms with Crippen molar-refractivity contribution in [2.45, 2.75) is 137 Å². The van der Waals surface area contributed by atoms with Gasteiger partial charge in [-0.1, -0.05) is 52.7 Å². The second kappa shape index (κ2) is 8.57. The van der Waals surface area contributed by atoms with E-state index in [1.54, 1.807) is 7.11 Å². The fraction of sp³-hybridized carbons (Fsp3) is 0.938. The van der Waals surface area contributed by atoms with E-state index in [1.165, 1.54) is 57.8 Å². The molecule has 0 bridgehead atoms. The van der Waals surface area contributed by atoms with Crippen LogP contribution in [0.4, 0.5) is 0 Å². The summed E-state index contributed by atoms with van der Waals surface area (Å²) in [6, 6.07) is 0. The minimum Gasteiger partial charge on any atom is -0.367 e. The van der Waals surface area contributed by atoms with Gasteiger partial charge < -0.3 is 14.2 Å². The minimum atomic E-state index is 0.133. The van der Waals surface area contributed by atoms with E-state index in [9.17, 15) is 0 Å².